The third-order valence-corrected chi connectivity index (χ3v) is 2.43. The SMILES string of the molecule is CCN1C[C@H](OC(=O)NC(C)C)C(F)(F)C1. The molecule has 6 heteroatoms. The molecule has 0 radical (unpaired) electrons. The number of nitrogens with one attached hydrogen (secondary N) is 1. The van der Waals surface area contributed by atoms with Crippen molar-refractivity contribution in [3.05, 3.63) is 0 Å². The number of nitrogens with zero attached hydrogens (tertiary/aromatic N) is 1. The molecule has 0 spiro atoms. The summed E-state index contributed by atoms with van der Waals surface area (Å²) in [5, 5.41) is 2.43. The topological polar surface area (TPSA) is 41.6 Å². The maximum absolute atomic E-state index is 13.4. The van der Waals surface area contributed by atoms with E-state index < -0.39 is 18.1 Å². The zero-order valence-corrected chi connectivity index (χ0v) is 9.80. The molecule has 0 aromatic rings. The Morgan fingerprint density at radius 1 is 1.62 bits per heavy atom. The molecule has 1 fully saturated rings. The number of carbonyl (C=O) groups excluding carboxylic acids is 1. The number of alkyl carbamates (subject to hydrolysis) is 1. The van der Waals surface area contributed by atoms with E-state index in [1.165, 1.54) is 0 Å². The van der Waals surface area contributed by atoms with Gasteiger partial charge in [-0.15, -0.1) is 0 Å². The fraction of sp³-hybridized carbons (Fsp3) is 0.900. The first-order valence-corrected chi connectivity index (χ1v) is 5.42. The Bertz CT molecular complexity index is 259. The van der Waals surface area contributed by atoms with Crippen molar-refractivity contribution in [1.82, 2.24) is 10.2 Å². The monoisotopic (exact) mass is 236 g/mol. The van der Waals surface area contributed by atoms with Crippen LogP contribution < -0.4 is 5.32 Å². The second kappa shape index (κ2) is 4.95. The molecule has 0 aliphatic carbocycles. The average molecular weight is 236 g/mol. The van der Waals surface area contributed by atoms with Gasteiger partial charge in [-0.25, -0.2) is 13.6 Å². The molecule has 1 heterocycles. The third-order valence-electron chi connectivity index (χ3n) is 2.43. The maximum Gasteiger partial charge on any atom is 0.407 e. The molecule has 0 aromatic carbocycles. The highest BCUT2D eigenvalue weighted by atomic mass is 19.3. The van der Waals surface area contributed by atoms with E-state index in [2.05, 4.69) is 5.32 Å². The van der Waals surface area contributed by atoms with Gasteiger partial charge in [0.15, 0.2) is 6.10 Å². The van der Waals surface area contributed by atoms with Crippen LogP contribution in [0.3, 0.4) is 0 Å². The molecule has 0 unspecified atom stereocenters. The predicted octanol–water partition coefficient (Wildman–Crippen LogP) is 1.46. The summed E-state index contributed by atoms with van der Waals surface area (Å²) in [6.45, 7) is 5.56. The van der Waals surface area contributed by atoms with E-state index in [0.29, 0.717) is 6.54 Å². The minimum absolute atomic E-state index is 0.0923. The highest BCUT2D eigenvalue weighted by Crippen LogP contribution is 2.29. The Morgan fingerprint density at radius 2 is 2.25 bits per heavy atom. The third kappa shape index (κ3) is 3.30. The van der Waals surface area contributed by atoms with E-state index >= 15 is 0 Å². The van der Waals surface area contributed by atoms with Crippen LogP contribution in [0, 0.1) is 0 Å². The minimum atomic E-state index is -2.95. The van der Waals surface area contributed by atoms with Gasteiger partial charge in [-0.2, -0.15) is 0 Å². The first kappa shape index (κ1) is 13.2. The quantitative estimate of drug-likeness (QED) is 0.806. The van der Waals surface area contributed by atoms with Gasteiger partial charge in [0.2, 0.25) is 0 Å². The molecule has 0 saturated carbocycles. The highest BCUT2D eigenvalue weighted by molar-refractivity contribution is 5.67. The molecular weight excluding hydrogens is 218 g/mol. The van der Waals surface area contributed by atoms with Crippen molar-refractivity contribution in [3.8, 4) is 0 Å². The second-order valence-corrected chi connectivity index (χ2v) is 4.28. The Balaban J connectivity index is 2.50. The second-order valence-electron chi connectivity index (χ2n) is 4.28. The predicted molar refractivity (Wildman–Crippen MR) is 55.6 cm³/mol. The first-order chi connectivity index (χ1) is 7.35. The smallest absolute Gasteiger partial charge is 0.407 e. The lowest BCUT2D eigenvalue weighted by Crippen LogP contribution is -2.40. The average Bonchev–Trinajstić information content (AvgIpc) is 2.40. The van der Waals surface area contributed by atoms with Crippen LogP contribution in [0.1, 0.15) is 20.8 Å². The normalized spacial score (nSPS) is 24.8. The van der Waals surface area contributed by atoms with Gasteiger partial charge in [0.05, 0.1) is 6.54 Å². The Kier molecular flexibility index (Phi) is 4.07. The Morgan fingerprint density at radius 3 is 2.69 bits per heavy atom. The minimum Gasteiger partial charge on any atom is -0.438 e. The fourth-order valence-electron chi connectivity index (χ4n) is 1.60. The van der Waals surface area contributed by atoms with Gasteiger partial charge in [-0.1, -0.05) is 6.92 Å². The van der Waals surface area contributed by atoms with E-state index in [-0.39, 0.29) is 19.1 Å². The van der Waals surface area contributed by atoms with Gasteiger partial charge in [0.25, 0.3) is 5.92 Å². The molecule has 0 aromatic heterocycles. The number of rotatable bonds is 3. The van der Waals surface area contributed by atoms with Crippen molar-refractivity contribution < 1.29 is 18.3 Å². The molecule has 1 rings (SSSR count). The number of hydrogen-bond donors (Lipinski definition) is 1. The summed E-state index contributed by atoms with van der Waals surface area (Å²) >= 11 is 0. The molecule has 1 atom stereocenters. The Labute approximate surface area is 93.9 Å². The van der Waals surface area contributed by atoms with E-state index in [9.17, 15) is 13.6 Å². The van der Waals surface area contributed by atoms with E-state index in [4.69, 9.17) is 4.74 Å². The number of carbonyl (C=O) groups is 1. The highest BCUT2D eigenvalue weighted by Gasteiger charge is 2.50. The molecule has 1 saturated heterocycles. The van der Waals surface area contributed by atoms with E-state index in [1.807, 2.05) is 0 Å². The van der Waals surface area contributed by atoms with Gasteiger partial charge in [-0.3, -0.25) is 4.90 Å². The van der Waals surface area contributed by atoms with Gasteiger partial charge in [-0.05, 0) is 20.4 Å². The molecule has 1 aliphatic heterocycles. The van der Waals surface area contributed by atoms with Crippen molar-refractivity contribution in [2.24, 2.45) is 0 Å². The van der Waals surface area contributed by atoms with Crippen LogP contribution in [0.15, 0.2) is 0 Å². The van der Waals surface area contributed by atoms with Crippen LogP contribution in [-0.2, 0) is 4.74 Å². The maximum atomic E-state index is 13.4. The summed E-state index contributed by atoms with van der Waals surface area (Å²) in [5.41, 5.74) is 0. The lowest BCUT2D eigenvalue weighted by molar-refractivity contribution is -0.0780. The van der Waals surface area contributed by atoms with Crippen LogP contribution in [0.5, 0.6) is 0 Å². The largest absolute Gasteiger partial charge is 0.438 e. The molecule has 94 valence electrons. The lowest BCUT2D eigenvalue weighted by atomic mass is 10.2. The number of likely N-dealkylation sites (N-methyl/N-ethyl adjacent to an activating group) is 1. The molecular formula is C10H18F2N2O2. The zero-order chi connectivity index (χ0) is 12.3. The van der Waals surface area contributed by atoms with Crippen LogP contribution >= 0.6 is 0 Å². The number of likely N-dealkylation sites (tertiary alicyclic amines) is 1. The molecule has 1 N–H and O–H groups in total. The van der Waals surface area contributed by atoms with Crippen molar-refractivity contribution in [3.63, 3.8) is 0 Å². The van der Waals surface area contributed by atoms with Crippen LogP contribution in [-0.4, -0.2) is 48.7 Å². The van der Waals surface area contributed by atoms with Crippen molar-refractivity contribution in [2.75, 3.05) is 19.6 Å². The van der Waals surface area contributed by atoms with Gasteiger partial charge in [0.1, 0.15) is 0 Å². The zero-order valence-electron chi connectivity index (χ0n) is 9.80. The molecule has 4 nitrogen and oxygen atoms in total. The van der Waals surface area contributed by atoms with Gasteiger partial charge in [0, 0.05) is 12.6 Å². The summed E-state index contributed by atoms with van der Waals surface area (Å²) in [4.78, 5) is 12.8. The Hall–Kier alpha value is -0.910. The molecule has 1 aliphatic rings. The molecule has 1 amide bonds. The summed E-state index contributed by atoms with van der Waals surface area (Å²) < 4.78 is 31.5. The van der Waals surface area contributed by atoms with Gasteiger partial charge >= 0.3 is 6.09 Å². The molecule has 0 bridgehead atoms. The lowest BCUT2D eigenvalue weighted by Gasteiger charge is -2.19. The van der Waals surface area contributed by atoms with Crippen LogP contribution in [0.25, 0.3) is 0 Å². The number of alkyl halides is 2. The number of amides is 1. The summed E-state index contributed by atoms with van der Waals surface area (Å²) in [6.07, 6.45) is -2.12. The van der Waals surface area contributed by atoms with E-state index in [0.717, 1.165) is 0 Å². The summed E-state index contributed by atoms with van der Waals surface area (Å²) in [5.74, 6) is -2.95. The van der Waals surface area contributed by atoms with Crippen molar-refractivity contribution >= 4 is 6.09 Å². The summed E-state index contributed by atoms with van der Waals surface area (Å²) in [7, 11) is 0. The molecule has 16 heavy (non-hydrogen) atoms. The number of hydrogen-bond acceptors (Lipinski definition) is 3. The first-order valence-electron chi connectivity index (χ1n) is 5.42. The van der Waals surface area contributed by atoms with Crippen LogP contribution in [0.2, 0.25) is 0 Å². The van der Waals surface area contributed by atoms with Gasteiger partial charge < -0.3 is 10.1 Å². The van der Waals surface area contributed by atoms with E-state index in [1.54, 1.807) is 25.7 Å². The van der Waals surface area contributed by atoms with Crippen LogP contribution in [0.4, 0.5) is 13.6 Å². The fourth-order valence-corrected chi connectivity index (χ4v) is 1.60. The number of halogens is 2. The van der Waals surface area contributed by atoms with Crippen molar-refractivity contribution in [1.29, 1.82) is 0 Å². The number of ether oxygens (including phenoxy) is 1. The summed E-state index contributed by atoms with van der Waals surface area (Å²) in [6, 6.07) is -0.121. The standard InChI is InChI=1S/C10H18F2N2O2/c1-4-14-5-8(10(11,12)6-14)16-9(15)13-7(2)3/h7-8H,4-6H2,1-3H3,(H,13,15)/t8-/m0/s1. The van der Waals surface area contributed by atoms with Crippen molar-refractivity contribution in [2.45, 2.75) is 38.8 Å².